The quantitative estimate of drug-likeness (QED) is 0.555. The standard InChI is InChI=1S/C20H25ClN2O2S/c1-4-9-22-19(24)17-8-11-26-20(17)23-13-15-12-16(21)5-6-18(15)25-10-7-14(2)3/h5-6,8,11-14H,4,7,9-10H2,1-3H3,(H,22,24). The van der Waals surface area contributed by atoms with E-state index in [9.17, 15) is 4.79 Å². The van der Waals surface area contributed by atoms with E-state index < -0.39 is 0 Å². The van der Waals surface area contributed by atoms with E-state index in [0.717, 1.165) is 24.2 Å². The highest BCUT2D eigenvalue weighted by molar-refractivity contribution is 7.14. The molecular weight excluding hydrogens is 368 g/mol. The van der Waals surface area contributed by atoms with Crippen molar-refractivity contribution in [1.82, 2.24) is 5.32 Å². The molecule has 1 aromatic carbocycles. The van der Waals surface area contributed by atoms with E-state index in [1.54, 1.807) is 18.3 Å². The topological polar surface area (TPSA) is 50.7 Å². The molecule has 0 bridgehead atoms. The molecule has 0 atom stereocenters. The number of carbonyl (C=O) groups excluding carboxylic acids is 1. The van der Waals surface area contributed by atoms with Crippen LogP contribution in [0.5, 0.6) is 5.75 Å². The first kappa shape index (κ1) is 20.5. The molecule has 26 heavy (non-hydrogen) atoms. The minimum atomic E-state index is -0.0975. The van der Waals surface area contributed by atoms with Gasteiger partial charge in [0.05, 0.1) is 12.2 Å². The van der Waals surface area contributed by atoms with Gasteiger partial charge in [-0.3, -0.25) is 4.79 Å². The van der Waals surface area contributed by atoms with Gasteiger partial charge >= 0.3 is 0 Å². The number of rotatable bonds is 9. The molecule has 0 aliphatic carbocycles. The zero-order chi connectivity index (χ0) is 18.9. The van der Waals surface area contributed by atoms with Gasteiger partial charge in [-0.05, 0) is 48.4 Å². The lowest BCUT2D eigenvalue weighted by Crippen LogP contribution is -2.23. The highest BCUT2D eigenvalue weighted by Gasteiger charge is 2.12. The van der Waals surface area contributed by atoms with Gasteiger partial charge in [-0.1, -0.05) is 32.4 Å². The van der Waals surface area contributed by atoms with E-state index >= 15 is 0 Å². The molecule has 1 amide bonds. The van der Waals surface area contributed by atoms with Crippen LogP contribution in [0.4, 0.5) is 5.00 Å². The Morgan fingerprint density at radius 3 is 2.92 bits per heavy atom. The number of nitrogens with zero attached hydrogens (tertiary/aromatic N) is 1. The third-order valence-corrected chi connectivity index (χ3v) is 4.73. The number of aliphatic imine (C=N–C) groups is 1. The Morgan fingerprint density at radius 1 is 1.38 bits per heavy atom. The summed E-state index contributed by atoms with van der Waals surface area (Å²) in [5.74, 6) is 1.22. The third kappa shape index (κ3) is 6.15. The molecule has 0 saturated heterocycles. The molecule has 0 unspecified atom stereocenters. The second kappa shape index (κ2) is 10.3. The number of benzene rings is 1. The third-order valence-electron chi connectivity index (χ3n) is 3.67. The Hall–Kier alpha value is -1.85. The summed E-state index contributed by atoms with van der Waals surface area (Å²) in [7, 11) is 0. The molecule has 0 spiro atoms. The van der Waals surface area contributed by atoms with Crippen molar-refractivity contribution >= 4 is 40.1 Å². The highest BCUT2D eigenvalue weighted by Crippen LogP contribution is 2.28. The van der Waals surface area contributed by atoms with Gasteiger partial charge in [0.1, 0.15) is 10.8 Å². The Bertz CT molecular complexity index is 756. The van der Waals surface area contributed by atoms with Gasteiger partial charge < -0.3 is 10.1 Å². The number of amides is 1. The number of halogens is 1. The van der Waals surface area contributed by atoms with Gasteiger partial charge in [0.25, 0.3) is 5.91 Å². The molecule has 4 nitrogen and oxygen atoms in total. The van der Waals surface area contributed by atoms with Crippen molar-refractivity contribution in [2.45, 2.75) is 33.6 Å². The Morgan fingerprint density at radius 2 is 2.19 bits per heavy atom. The first-order valence-electron chi connectivity index (χ1n) is 8.83. The van der Waals surface area contributed by atoms with Gasteiger partial charge in [0.2, 0.25) is 0 Å². The lowest BCUT2D eigenvalue weighted by atomic mass is 10.1. The molecule has 1 heterocycles. The summed E-state index contributed by atoms with van der Waals surface area (Å²) in [4.78, 5) is 16.7. The minimum Gasteiger partial charge on any atom is -0.493 e. The monoisotopic (exact) mass is 392 g/mol. The number of hydrogen-bond donors (Lipinski definition) is 1. The van der Waals surface area contributed by atoms with Crippen LogP contribution in [0.15, 0.2) is 34.6 Å². The molecular formula is C20H25ClN2O2S. The van der Waals surface area contributed by atoms with Crippen LogP contribution >= 0.6 is 22.9 Å². The van der Waals surface area contributed by atoms with Crippen LogP contribution in [0, 0.1) is 5.92 Å². The van der Waals surface area contributed by atoms with E-state index in [1.807, 2.05) is 24.4 Å². The van der Waals surface area contributed by atoms with Crippen molar-refractivity contribution in [3.8, 4) is 5.75 Å². The Balaban J connectivity index is 2.16. The van der Waals surface area contributed by atoms with Crippen molar-refractivity contribution in [3.05, 3.63) is 45.8 Å². The number of nitrogens with one attached hydrogen (secondary N) is 1. The number of thiophene rings is 1. The fraction of sp³-hybridized carbons (Fsp3) is 0.400. The fourth-order valence-electron chi connectivity index (χ4n) is 2.19. The summed E-state index contributed by atoms with van der Waals surface area (Å²) in [5, 5.41) is 6.04. The van der Waals surface area contributed by atoms with Gasteiger partial charge in [-0.2, -0.15) is 0 Å². The summed E-state index contributed by atoms with van der Waals surface area (Å²) in [6, 6.07) is 7.27. The number of ether oxygens (including phenoxy) is 1. The van der Waals surface area contributed by atoms with Crippen molar-refractivity contribution in [3.63, 3.8) is 0 Å². The van der Waals surface area contributed by atoms with E-state index in [0.29, 0.717) is 34.7 Å². The molecule has 140 valence electrons. The van der Waals surface area contributed by atoms with Gasteiger partial charge in [-0.25, -0.2) is 4.99 Å². The first-order valence-corrected chi connectivity index (χ1v) is 10.1. The minimum absolute atomic E-state index is 0.0975. The second-order valence-electron chi connectivity index (χ2n) is 6.37. The summed E-state index contributed by atoms with van der Waals surface area (Å²) in [6.45, 7) is 7.64. The molecule has 0 fully saturated rings. The zero-order valence-corrected chi connectivity index (χ0v) is 17.0. The molecule has 0 radical (unpaired) electrons. The maximum Gasteiger partial charge on any atom is 0.254 e. The van der Waals surface area contributed by atoms with Crippen molar-refractivity contribution in [1.29, 1.82) is 0 Å². The normalized spacial score (nSPS) is 11.3. The molecule has 1 N–H and O–H groups in total. The molecule has 1 aromatic heterocycles. The molecule has 6 heteroatoms. The molecule has 0 aliphatic heterocycles. The predicted octanol–water partition coefficient (Wildman–Crippen LogP) is 5.72. The van der Waals surface area contributed by atoms with E-state index in [-0.39, 0.29) is 5.91 Å². The maximum atomic E-state index is 12.2. The van der Waals surface area contributed by atoms with Gasteiger partial charge in [-0.15, -0.1) is 11.3 Å². The fourth-order valence-corrected chi connectivity index (χ4v) is 3.11. The largest absolute Gasteiger partial charge is 0.493 e. The van der Waals surface area contributed by atoms with Gasteiger partial charge in [0.15, 0.2) is 0 Å². The van der Waals surface area contributed by atoms with Crippen molar-refractivity contribution in [2.24, 2.45) is 10.9 Å². The van der Waals surface area contributed by atoms with Gasteiger partial charge in [0, 0.05) is 23.3 Å². The molecule has 0 aliphatic rings. The second-order valence-corrected chi connectivity index (χ2v) is 7.70. The maximum absolute atomic E-state index is 12.2. The van der Waals surface area contributed by atoms with Crippen LogP contribution < -0.4 is 10.1 Å². The van der Waals surface area contributed by atoms with Crippen molar-refractivity contribution < 1.29 is 9.53 Å². The predicted molar refractivity (Wildman–Crippen MR) is 111 cm³/mol. The van der Waals surface area contributed by atoms with E-state index in [1.165, 1.54) is 11.3 Å². The Kier molecular flexibility index (Phi) is 8.13. The van der Waals surface area contributed by atoms with Crippen LogP contribution in [-0.4, -0.2) is 25.3 Å². The average Bonchev–Trinajstić information content (AvgIpc) is 3.07. The Labute approximate surface area is 164 Å². The molecule has 2 aromatic rings. The van der Waals surface area contributed by atoms with Crippen LogP contribution in [0.1, 0.15) is 49.5 Å². The van der Waals surface area contributed by atoms with Crippen LogP contribution in [0.2, 0.25) is 5.02 Å². The van der Waals surface area contributed by atoms with E-state index in [4.69, 9.17) is 16.3 Å². The average molecular weight is 393 g/mol. The smallest absolute Gasteiger partial charge is 0.254 e. The molecule has 0 saturated carbocycles. The lowest BCUT2D eigenvalue weighted by molar-refractivity contribution is 0.0955. The number of hydrogen-bond acceptors (Lipinski definition) is 4. The summed E-state index contributed by atoms with van der Waals surface area (Å²) in [5.41, 5.74) is 1.39. The number of carbonyl (C=O) groups is 1. The van der Waals surface area contributed by atoms with Crippen LogP contribution in [-0.2, 0) is 0 Å². The van der Waals surface area contributed by atoms with Crippen LogP contribution in [0.25, 0.3) is 0 Å². The highest BCUT2D eigenvalue weighted by atomic mass is 35.5. The summed E-state index contributed by atoms with van der Waals surface area (Å²) in [6.07, 6.45) is 3.58. The SMILES string of the molecule is CCCNC(=O)c1ccsc1N=Cc1cc(Cl)ccc1OCCC(C)C. The lowest BCUT2D eigenvalue weighted by Gasteiger charge is -2.10. The van der Waals surface area contributed by atoms with E-state index in [2.05, 4.69) is 24.2 Å². The summed E-state index contributed by atoms with van der Waals surface area (Å²) >= 11 is 7.55. The zero-order valence-electron chi connectivity index (χ0n) is 15.4. The summed E-state index contributed by atoms with van der Waals surface area (Å²) < 4.78 is 5.88. The van der Waals surface area contributed by atoms with Crippen molar-refractivity contribution in [2.75, 3.05) is 13.2 Å². The molecule has 2 rings (SSSR count). The van der Waals surface area contributed by atoms with Crippen LogP contribution in [0.3, 0.4) is 0 Å². The first-order chi connectivity index (χ1) is 12.5.